The third-order valence-corrected chi connectivity index (χ3v) is 2.51. The van der Waals surface area contributed by atoms with Crippen LogP contribution in [0.25, 0.3) is 0 Å². The summed E-state index contributed by atoms with van der Waals surface area (Å²) in [7, 11) is 1.59. The van der Waals surface area contributed by atoms with Gasteiger partial charge < -0.3 is 16.4 Å². The Labute approximate surface area is 109 Å². The summed E-state index contributed by atoms with van der Waals surface area (Å²) in [5.74, 6) is -0.486. The van der Waals surface area contributed by atoms with Crippen LogP contribution in [0, 0.1) is 17.0 Å². The summed E-state index contributed by atoms with van der Waals surface area (Å²) in [5.41, 5.74) is 3.96. The van der Waals surface area contributed by atoms with Crippen molar-refractivity contribution in [1.29, 1.82) is 0 Å². The maximum absolute atomic E-state index is 11.3. The van der Waals surface area contributed by atoms with Crippen molar-refractivity contribution in [1.82, 2.24) is 9.97 Å². The molecule has 4 N–H and O–H groups in total. The predicted octanol–water partition coefficient (Wildman–Crippen LogP) is 0.411. The Hall–Kier alpha value is -2.45. The van der Waals surface area contributed by atoms with Crippen molar-refractivity contribution in [3.05, 3.63) is 15.8 Å². The van der Waals surface area contributed by atoms with E-state index in [0.717, 1.165) is 0 Å². The monoisotopic (exact) mass is 268 g/mol. The molecule has 19 heavy (non-hydrogen) atoms. The number of nitrogens with one attached hydrogen (secondary N) is 2. The van der Waals surface area contributed by atoms with Gasteiger partial charge in [0.1, 0.15) is 11.2 Å². The number of anilines is 2. The summed E-state index contributed by atoms with van der Waals surface area (Å²) < 4.78 is 0. The highest BCUT2D eigenvalue weighted by atomic mass is 16.6. The van der Waals surface area contributed by atoms with E-state index in [-0.39, 0.29) is 23.1 Å². The highest BCUT2D eigenvalue weighted by Gasteiger charge is 2.30. The fourth-order valence-corrected chi connectivity index (χ4v) is 1.34. The van der Waals surface area contributed by atoms with Crippen LogP contribution in [0.15, 0.2) is 0 Å². The molecule has 0 fully saturated rings. The number of primary amides is 1. The van der Waals surface area contributed by atoms with E-state index < -0.39 is 16.4 Å². The minimum atomic E-state index is -1.17. The van der Waals surface area contributed by atoms with Gasteiger partial charge in [0.2, 0.25) is 17.7 Å². The van der Waals surface area contributed by atoms with E-state index in [1.165, 1.54) is 20.8 Å². The second-order valence-corrected chi connectivity index (χ2v) is 4.45. The third-order valence-electron chi connectivity index (χ3n) is 2.51. The van der Waals surface area contributed by atoms with E-state index in [2.05, 4.69) is 20.6 Å². The van der Waals surface area contributed by atoms with Crippen molar-refractivity contribution in [2.24, 2.45) is 5.73 Å². The summed E-state index contributed by atoms with van der Waals surface area (Å²) >= 11 is 0. The van der Waals surface area contributed by atoms with Crippen LogP contribution in [0.4, 0.5) is 17.5 Å². The first-order chi connectivity index (χ1) is 8.69. The van der Waals surface area contributed by atoms with Gasteiger partial charge in [-0.25, -0.2) is 4.98 Å². The van der Waals surface area contributed by atoms with Gasteiger partial charge in [0, 0.05) is 7.05 Å². The first-order valence-electron chi connectivity index (χ1n) is 5.48. The number of hydrogen-bond donors (Lipinski definition) is 3. The van der Waals surface area contributed by atoms with Gasteiger partial charge in [-0.05, 0) is 20.8 Å². The summed E-state index contributed by atoms with van der Waals surface area (Å²) in [6.07, 6.45) is 0. The van der Waals surface area contributed by atoms with Crippen LogP contribution in [0.5, 0.6) is 0 Å². The molecule has 9 heteroatoms. The molecule has 1 aromatic heterocycles. The van der Waals surface area contributed by atoms with E-state index in [4.69, 9.17) is 5.73 Å². The molecule has 1 aromatic rings. The lowest BCUT2D eigenvalue weighted by molar-refractivity contribution is -0.385. The number of amides is 1. The second kappa shape index (κ2) is 5.04. The summed E-state index contributed by atoms with van der Waals surface area (Å²) in [5, 5.41) is 16.4. The predicted molar refractivity (Wildman–Crippen MR) is 69.9 cm³/mol. The second-order valence-electron chi connectivity index (χ2n) is 4.45. The lowest BCUT2D eigenvalue weighted by Crippen LogP contribution is -2.45. The van der Waals surface area contributed by atoms with Crippen LogP contribution < -0.4 is 16.4 Å². The minimum Gasteiger partial charge on any atom is -0.368 e. The molecule has 0 spiro atoms. The zero-order chi connectivity index (χ0) is 14.8. The van der Waals surface area contributed by atoms with Crippen LogP contribution >= 0.6 is 0 Å². The van der Waals surface area contributed by atoms with Gasteiger partial charge in [0.05, 0.1) is 4.92 Å². The number of nitrogens with two attached hydrogens (primary N) is 1. The molecule has 104 valence electrons. The number of carbonyl (C=O) groups is 1. The van der Waals surface area contributed by atoms with Crippen molar-refractivity contribution < 1.29 is 9.72 Å². The van der Waals surface area contributed by atoms with Crippen LogP contribution in [0.1, 0.15) is 19.5 Å². The molecule has 0 unspecified atom stereocenters. The molecule has 1 heterocycles. The Morgan fingerprint density at radius 1 is 1.42 bits per heavy atom. The SMILES string of the molecule is CNc1nc(C)c([N+](=O)[O-])c(NC(C)(C)C(N)=O)n1. The van der Waals surface area contributed by atoms with E-state index >= 15 is 0 Å². The quantitative estimate of drug-likeness (QED) is 0.519. The van der Waals surface area contributed by atoms with Crippen molar-refractivity contribution in [3.8, 4) is 0 Å². The van der Waals surface area contributed by atoms with E-state index in [1.807, 2.05) is 0 Å². The third kappa shape index (κ3) is 3.06. The van der Waals surface area contributed by atoms with Crippen molar-refractivity contribution in [2.75, 3.05) is 17.7 Å². The van der Waals surface area contributed by atoms with Gasteiger partial charge in [-0.1, -0.05) is 0 Å². The summed E-state index contributed by atoms with van der Waals surface area (Å²) in [6, 6.07) is 0. The zero-order valence-corrected chi connectivity index (χ0v) is 11.1. The summed E-state index contributed by atoms with van der Waals surface area (Å²) in [6.45, 7) is 4.51. The molecular weight excluding hydrogens is 252 g/mol. The molecule has 1 rings (SSSR count). The normalized spacial score (nSPS) is 10.9. The number of carbonyl (C=O) groups excluding carboxylic acids is 1. The Kier molecular flexibility index (Phi) is 3.88. The number of nitrogens with zero attached hydrogens (tertiary/aromatic N) is 3. The van der Waals surface area contributed by atoms with Crippen LogP contribution in [0.2, 0.25) is 0 Å². The molecule has 0 radical (unpaired) electrons. The summed E-state index contributed by atoms with van der Waals surface area (Å²) in [4.78, 5) is 29.6. The zero-order valence-electron chi connectivity index (χ0n) is 11.1. The molecule has 0 saturated heterocycles. The smallest absolute Gasteiger partial charge is 0.332 e. The van der Waals surface area contributed by atoms with Gasteiger partial charge in [0.25, 0.3) is 0 Å². The van der Waals surface area contributed by atoms with Gasteiger partial charge >= 0.3 is 5.69 Å². The first-order valence-corrected chi connectivity index (χ1v) is 5.48. The average molecular weight is 268 g/mol. The molecule has 0 aliphatic carbocycles. The molecule has 0 bridgehead atoms. The molecule has 9 nitrogen and oxygen atoms in total. The number of hydrogen-bond acceptors (Lipinski definition) is 7. The number of rotatable bonds is 5. The van der Waals surface area contributed by atoms with Crippen LogP contribution in [-0.2, 0) is 4.79 Å². The minimum absolute atomic E-state index is 0.0503. The number of aromatic nitrogens is 2. The topological polar surface area (TPSA) is 136 Å². The fourth-order valence-electron chi connectivity index (χ4n) is 1.34. The fraction of sp³-hybridized carbons (Fsp3) is 0.500. The van der Waals surface area contributed by atoms with E-state index in [1.54, 1.807) is 7.05 Å². The Bertz CT molecular complexity index is 528. The largest absolute Gasteiger partial charge is 0.368 e. The maximum Gasteiger partial charge on any atom is 0.332 e. The molecule has 0 saturated carbocycles. The molecule has 0 atom stereocenters. The average Bonchev–Trinajstić information content (AvgIpc) is 2.26. The van der Waals surface area contributed by atoms with E-state index in [0.29, 0.717) is 0 Å². The standard InChI is InChI=1S/C10H16N6O3/c1-5-6(16(18)19)7(14-9(12-4)13-5)15-10(2,3)8(11)17/h1-4H3,(H2,11,17)(H2,12,13,14,15). The number of nitro groups is 1. The Balaban J connectivity index is 3.35. The van der Waals surface area contributed by atoms with Crippen molar-refractivity contribution in [3.63, 3.8) is 0 Å². The lowest BCUT2D eigenvalue weighted by Gasteiger charge is -2.23. The van der Waals surface area contributed by atoms with Gasteiger partial charge in [-0.3, -0.25) is 14.9 Å². The van der Waals surface area contributed by atoms with Crippen LogP contribution in [0.3, 0.4) is 0 Å². The van der Waals surface area contributed by atoms with Gasteiger partial charge in [0.15, 0.2) is 0 Å². The lowest BCUT2D eigenvalue weighted by atomic mass is 10.1. The molecule has 0 aliphatic rings. The number of aryl methyl sites for hydroxylation is 1. The Morgan fingerprint density at radius 3 is 2.42 bits per heavy atom. The maximum atomic E-state index is 11.3. The van der Waals surface area contributed by atoms with Crippen molar-refractivity contribution >= 4 is 23.4 Å². The highest BCUT2D eigenvalue weighted by Crippen LogP contribution is 2.28. The molecule has 0 aromatic carbocycles. The molecule has 0 aliphatic heterocycles. The highest BCUT2D eigenvalue weighted by molar-refractivity contribution is 5.87. The van der Waals surface area contributed by atoms with Gasteiger partial charge in [-0.2, -0.15) is 4.98 Å². The van der Waals surface area contributed by atoms with Crippen molar-refractivity contribution in [2.45, 2.75) is 26.3 Å². The Morgan fingerprint density at radius 2 is 2.00 bits per heavy atom. The van der Waals surface area contributed by atoms with Crippen LogP contribution in [-0.4, -0.2) is 33.4 Å². The first kappa shape index (κ1) is 14.6. The van der Waals surface area contributed by atoms with E-state index in [9.17, 15) is 14.9 Å². The van der Waals surface area contributed by atoms with Gasteiger partial charge in [-0.15, -0.1) is 0 Å². The molecule has 1 amide bonds. The molecular formula is C10H16N6O3.